The van der Waals surface area contributed by atoms with Crippen molar-refractivity contribution in [2.45, 2.75) is 110 Å². The Labute approximate surface area is 225 Å². The van der Waals surface area contributed by atoms with Gasteiger partial charge in [0.15, 0.2) is 8.32 Å². The van der Waals surface area contributed by atoms with Crippen molar-refractivity contribution >= 4 is 20.4 Å². The smallest absolute Gasteiger partial charge is 0.411 e. The van der Waals surface area contributed by atoms with Crippen LogP contribution in [0.2, 0.25) is 18.1 Å². The zero-order chi connectivity index (χ0) is 28.0. The molecule has 1 amide bonds. The molecule has 1 saturated heterocycles. The number of carbonyl (C=O) groups excluding carboxylic acids is 2. The third kappa shape index (κ3) is 8.18. The first-order valence-electron chi connectivity index (χ1n) is 13.6. The number of ether oxygens (including phenoxy) is 2. The molecule has 0 N–H and O–H groups in total. The van der Waals surface area contributed by atoms with Gasteiger partial charge in [0.05, 0.1) is 0 Å². The second-order valence-corrected chi connectivity index (χ2v) is 17.2. The highest BCUT2D eigenvalue weighted by Gasteiger charge is 2.49. The van der Waals surface area contributed by atoms with E-state index >= 15 is 0 Å². The minimum atomic E-state index is -1.98. The van der Waals surface area contributed by atoms with Crippen LogP contribution in [0.3, 0.4) is 0 Å². The van der Waals surface area contributed by atoms with E-state index in [9.17, 15) is 9.59 Å². The summed E-state index contributed by atoms with van der Waals surface area (Å²) in [5.74, 6) is 0.199. The largest absolute Gasteiger partial charge is 0.458 e. The number of hydrogen-bond donors (Lipinski definition) is 0. The quantitative estimate of drug-likeness (QED) is 0.170. The van der Waals surface area contributed by atoms with Crippen molar-refractivity contribution in [1.82, 2.24) is 4.90 Å². The predicted octanol–water partition coefficient (Wildman–Crippen LogP) is 7.35. The van der Waals surface area contributed by atoms with Gasteiger partial charge in [0.1, 0.15) is 18.2 Å². The molecule has 1 aliphatic rings. The summed E-state index contributed by atoms with van der Waals surface area (Å²) in [6.07, 6.45) is 3.17. The average molecular weight is 532 g/mol. The normalized spacial score (nSPS) is 20.7. The number of carbonyl (C=O) groups is 2. The SMILES string of the molecule is C=CC[C@@H]1[C@@H](CCO[Si](C)(C)C(C)(C)C(C)C)C[C@@H](C(=O)OC(C)(C)C)N1C(=O)OCc1ccccc1. The highest BCUT2D eigenvalue weighted by Crippen LogP contribution is 2.45. The van der Waals surface area contributed by atoms with Gasteiger partial charge in [-0.15, -0.1) is 6.58 Å². The zero-order valence-electron chi connectivity index (χ0n) is 24.5. The number of esters is 1. The van der Waals surface area contributed by atoms with E-state index in [4.69, 9.17) is 13.9 Å². The third-order valence-corrected chi connectivity index (χ3v) is 12.8. The number of benzene rings is 1. The molecule has 1 heterocycles. The summed E-state index contributed by atoms with van der Waals surface area (Å²) < 4.78 is 18.0. The molecule has 7 heteroatoms. The van der Waals surface area contributed by atoms with Crippen LogP contribution < -0.4 is 0 Å². The summed E-state index contributed by atoms with van der Waals surface area (Å²) in [6, 6.07) is 8.65. The first-order chi connectivity index (χ1) is 17.1. The Hall–Kier alpha value is -2.12. The topological polar surface area (TPSA) is 65.1 Å². The van der Waals surface area contributed by atoms with Crippen molar-refractivity contribution in [3.63, 3.8) is 0 Å². The van der Waals surface area contributed by atoms with Gasteiger partial charge in [-0.1, -0.05) is 64.1 Å². The van der Waals surface area contributed by atoms with E-state index in [1.807, 2.05) is 57.2 Å². The summed E-state index contributed by atoms with van der Waals surface area (Å²) in [4.78, 5) is 28.3. The fourth-order valence-electron chi connectivity index (χ4n) is 4.79. The van der Waals surface area contributed by atoms with E-state index in [0.29, 0.717) is 25.4 Å². The number of nitrogens with zero attached hydrogens (tertiary/aromatic N) is 1. The van der Waals surface area contributed by atoms with Gasteiger partial charge in [-0.3, -0.25) is 4.90 Å². The lowest BCUT2D eigenvalue weighted by Gasteiger charge is -2.42. The maximum atomic E-state index is 13.4. The molecule has 6 nitrogen and oxygen atoms in total. The van der Waals surface area contributed by atoms with Crippen molar-refractivity contribution in [2.24, 2.45) is 11.8 Å². The molecule has 0 aromatic heterocycles. The van der Waals surface area contributed by atoms with Crippen LogP contribution in [0.1, 0.15) is 73.3 Å². The molecule has 208 valence electrons. The Kier molecular flexibility index (Phi) is 10.6. The highest BCUT2D eigenvalue weighted by molar-refractivity contribution is 6.74. The highest BCUT2D eigenvalue weighted by atomic mass is 28.4. The number of likely N-dealkylation sites (tertiary alicyclic amines) is 1. The molecule has 1 fully saturated rings. The van der Waals surface area contributed by atoms with Gasteiger partial charge in [0.2, 0.25) is 0 Å². The minimum Gasteiger partial charge on any atom is -0.458 e. The van der Waals surface area contributed by atoms with Crippen LogP contribution in [0.4, 0.5) is 4.79 Å². The average Bonchev–Trinajstić information content (AvgIpc) is 3.15. The second-order valence-electron chi connectivity index (χ2n) is 12.6. The van der Waals surface area contributed by atoms with E-state index in [1.165, 1.54) is 0 Å². The van der Waals surface area contributed by atoms with Gasteiger partial charge in [-0.25, -0.2) is 9.59 Å². The molecule has 0 unspecified atom stereocenters. The Balaban J connectivity index is 2.23. The van der Waals surface area contributed by atoms with Crippen molar-refractivity contribution < 1.29 is 23.5 Å². The molecule has 0 saturated carbocycles. The van der Waals surface area contributed by atoms with Gasteiger partial charge < -0.3 is 13.9 Å². The maximum Gasteiger partial charge on any atom is 0.411 e. The number of rotatable bonds is 11. The van der Waals surface area contributed by atoms with Crippen LogP contribution in [0.5, 0.6) is 0 Å². The van der Waals surface area contributed by atoms with E-state index in [-0.39, 0.29) is 23.6 Å². The van der Waals surface area contributed by atoms with E-state index in [1.54, 1.807) is 4.90 Å². The summed E-state index contributed by atoms with van der Waals surface area (Å²) in [7, 11) is -1.98. The van der Waals surface area contributed by atoms with Crippen molar-refractivity contribution in [1.29, 1.82) is 0 Å². The molecule has 0 spiro atoms. The minimum absolute atomic E-state index is 0.0757. The Morgan fingerprint density at radius 3 is 2.30 bits per heavy atom. The van der Waals surface area contributed by atoms with Crippen LogP contribution in [0, 0.1) is 11.8 Å². The lowest BCUT2D eigenvalue weighted by Crippen LogP contribution is -2.47. The molecule has 1 aliphatic heterocycles. The standard InChI is InChI=1S/C30H49NO5Si/c1-11-15-25-24(18-19-35-37(9,10)30(7,8)22(2)3)20-26(27(32)36-29(4,5)6)31(25)28(33)34-21-23-16-13-12-14-17-23/h11-14,16-17,22,24-26H,1,15,18-21H2,2-10H3/t24-,25+,26-/m0/s1. The van der Waals surface area contributed by atoms with Crippen LogP contribution in [0.25, 0.3) is 0 Å². The molecule has 1 aromatic carbocycles. The summed E-state index contributed by atoms with van der Waals surface area (Å²) in [6.45, 7) is 23.8. The molecule has 3 atom stereocenters. The molecule has 0 aliphatic carbocycles. The van der Waals surface area contributed by atoms with Crippen LogP contribution in [0.15, 0.2) is 43.0 Å². The third-order valence-electron chi connectivity index (χ3n) is 8.21. The van der Waals surface area contributed by atoms with Crippen molar-refractivity contribution in [3.8, 4) is 0 Å². The zero-order valence-corrected chi connectivity index (χ0v) is 25.5. The van der Waals surface area contributed by atoms with E-state index < -0.39 is 32.0 Å². The fourth-order valence-corrected chi connectivity index (χ4v) is 7.18. The van der Waals surface area contributed by atoms with Crippen molar-refractivity contribution in [3.05, 3.63) is 48.6 Å². The van der Waals surface area contributed by atoms with Gasteiger partial charge >= 0.3 is 12.1 Å². The Morgan fingerprint density at radius 1 is 1.14 bits per heavy atom. The summed E-state index contributed by atoms with van der Waals surface area (Å²) in [5.41, 5.74) is 0.248. The van der Waals surface area contributed by atoms with Gasteiger partial charge in [0, 0.05) is 12.6 Å². The van der Waals surface area contributed by atoms with Gasteiger partial charge in [-0.2, -0.15) is 0 Å². The Morgan fingerprint density at radius 2 is 1.76 bits per heavy atom. The lowest BCUT2D eigenvalue weighted by molar-refractivity contribution is -0.160. The lowest BCUT2D eigenvalue weighted by atomic mass is 9.93. The van der Waals surface area contributed by atoms with E-state index in [0.717, 1.165) is 12.0 Å². The molecule has 1 aromatic rings. The molecule has 2 rings (SSSR count). The summed E-state index contributed by atoms with van der Waals surface area (Å²) in [5, 5.41) is 0.121. The predicted molar refractivity (Wildman–Crippen MR) is 152 cm³/mol. The van der Waals surface area contributed by atoms with Gasteiger partial charge in [0.25, 0.3) is 0 Å². The molecule has 0 bridgehead atoms. The van der Waals surface area contributed by atoms with Crippen LogP contribution >= 0.6 is 0 Å². The second kappa shape index (κ2) is 12.6. The van der Waals surface area contributed by atoms with Crippen molar-refractivity contribution in [2.75, 3.05) is 6.61 Å². The number of amides is 1. The Bertz CT molecular complexity index is 906. The molecular weight excluding hydrogens is 482 g/mol. The monoisotopic (exact) mass is 531 g/mol. The van der Waals surface area contributed by atoms with Gasteiger partial charge in [-0.05, 0) is 75.6 Å². The first kappa shape index (κ1) is 31.1. The fraction of sp³-hybridized carbons (Fsp3) is 0.667. The molecule has 0 radical (unpaired) electrons. The summed E-state index contributed by atoms with van der Waals surface area (Å²) >= 11 is 0. The first-order valence-corrected chi connectivity index (χ1v) is 16.5. The number of hydrogen-bond acceptors (Lipinski definition) is 5. The van der Waals surface area contributed by atoms with E-state index in [2.05, 4.69) is 47.4 Å². The molecule has 37 heavy (non-hydrogen) atoms. The molecular formula is C30H49NO5Si. The van der Waals surface area contributed by atoms with Crippen LogP contribution in [-0.2, 0) is 25.3 Å². The maximum absolute atomic E-state index is 13.4. The van der Waals surface area contributed by atoms with Crippen LogP contribution in [-0.4, -0.2) is 49.6 Å².